The van der Waals surface area contributed by atoms with Crippen molar-refractivity contribution >= 4 is 49.4 Å². The number of benzene rings is 3. The van der Waals surface area contributed by atoms with Crippen LogP contribution < -0.4 is 14.8 Å². The molecule has 1 aliphatic rings. The van der Waals surface area contributed by atoms with E-state index in [1.807, 2.05) is 30.3 Å². The Morgan fingerprint density at radius 1 is 1.00 bits per heavy atom. The zero-order valence-corrected chi connectivity index (χ0v) is 18.4. The minimum Gasteiger partial charge on any atom is -0.484 e. The monoisotopic (exact) mass is 463 g/mol. The summed E-state index contributed by atoms with van der Waals surface area (Å²) in [6, 6.07) is 19.1. The highest BCUT2D eigenvalue weighted by atomic mass is 32.2. The van der Waals surface area contributed by atoms with Crippen LogP contribution in [0.15, 0.2) is 81.0 Å². The lowest BCUT2D eigenvalue weighted by molar-refractivity contribution is -0.118. The molecule has 9 heteroatoms. The molecule has 0 atom stereocenters. The highest BCUT2D eigenvalue weighted by Crippen LogP contribution is 2.31. The summed E-state index contributed by atoms with van der Waals surface area (Å²) in [5, 5.41) is 4.55. The molecule has 0 aliphatic carbocycles. The molecule has 0 radical (unpaired) electrons. The zero-order chi connectivity index (χ0) is 22.8. The first-order valence-electron chi connectivity index (χ1n) is 10.5. The van der Waals surface area contributed by atoms with Crippen LogP contribution in [-0.4, -0.2) is 33.3 Å². The first-order chi connectivity index (χ1) is 16.0. The van der Waals surface area contributed by atoms with Gasteiger partial charge in [-0.15, -0.1) is 0 Å². The molecule has 4 aromatic rings. The number of furan rings is 1. The molecule has 0 bridgehead atoms. The van der Waals surface area contributed by atoms with E-state index in [-0.39, 0.29) is 11.5 Å². The smallest absolute Gasteiger partial charge is 0.262 e. The van der Waals surface area contributed by atoms with Gasteiger partial charge in [-0.25, -0.2) is 8.42 Å². The summed E-state index contributed by atoms with van der Waals surface area (Å²) in [7, 11) is -3.76. The first-order valence-corrected chi connectivity index (χ1v) is 12.0. The highest BCUT2D eigenvalue weighted by Gasteiger charge is 2.19. The fourth-order valence-electron chi connectivity index (χ4n) is 3.72. The molecule has 2 N–H and O–H groups in total. The second-order valence-corrected chi connectivity index (χ2v) is 9.34. The SMILES string of the molecule is O=C(COc1ccc2oc3ccccc3c2c1)Nc1cccc(S(=O)(=O)NC2=NCCC2)c1. The number of ether oxygens (including phenoxy) is 1. The molecule has 1 amide bonds. The van der Waals surface area contributed by atoms with Crippen LogP contribution in [0.5, 0.6) is 5.75 Å². The number of rotatable bonds is 6. The van der Waals surface area contributed by atoms with Gasteiger partial charge in [-0.2, -0.15) is 0 Å². The summed E-state index contributed by atoms with van der Waals surface area (Å²) in [6.45, 7) is 0.394. The van der Waals surface area contributed by atoms with Gasteiger partial charge < -0.3 is 14.5 Å². The summed E-state index contributed by atoms with van der Waals surface area (Å²) in [5.41, 5.74) is 1.88. The number of para-hydroxylation sites is 1. The average Bonchev–Trinajstić information content (AvgIpc) is 3.45. The predicted octanol–water partition coefficient (Wildman–Crippen LogP) is 4.07. The van der Waals surface area contributed by atoms with E-state index in [4.69, 9.17) is 9.15 Å². The average molecular weight is 464 g/mol. The van der Waals surface area contributed by atoms with Crippen molar-refractivity contribution in [3.63, 3.8) is 0 Å². The van der Waals surface area contributed by atoms with Crippen LogP contribution in [0.4, 0.5) is 5.69 Å². The number of sulfonamides is 1. The lowest BCUT2D eigenvalue weighted by Gasteiger charge is -2.10. The van der Waals surface area contributed by atoms with E-state index in [0.29, 0.717) is 30.2 Å². The molecule has 1 aliphatic heterocycles. The zero-order valence-electron chi connectivity index (χ0n) is 17.6. The number of nitrogens with one attached hydrogen (secondary N) is 2. The Bertz CT molecular complexity index is 1490. The molecule has 0 saturated carbocycles. The van der Waals surface area contributed by atoms with Crippen molar-refractivity contribution in [2.45, 2.75) is 17.7 Å². The number of carbonyl (C=O) groups is 1. The lowest BCUT2D eigenvalue weighted by Crippen LogP contribution is -2.29. The molecule has 1 aromatic heterocycles. The minimum atomic E-state index is -3.76. The number of hydrogen-bond donors (Lipinski definition) is 2. The Morgan fingerprint density at radius 3 is 2.70 bits per heavy atom. The molecule has 3 aromatic carbocycles. The number of hydrogen-bond acceptors (Lipinski definition) is 6. The second kappa shape index (κ2) is 8.59. The predicted molar refractivity (Wildman–Crippen MR) is 126 cm³/mol. The van der Waals surface area contributed by atoms with Gasteiger partial charge >= 0.3 is 0 Å². The molecule has 2 heterocycles. The van der Waals surface area contributed by atoms with Crippen LogP contribution in [0.3, 0.4) is 0 Å². The molecule has 5 rings (SSSR count). The van der Waals surface area contributed by atoms with E-state index < -0.39 is 15.9 Å². The van der Waals surface area contributed by atoms with Crippen molar-refractivity contribution in [1.82, 2.24) is 4.72 Å². The topological polar surface area (TPSA) is 110 Å². The first kappa shape index (κ1) is 21.0. The molecule has 0 fully saturated rings. The lowest BCUT2D eigenvalue weighted by atomic mass is 10.1. The van der Waals surface area contributed by atoms with Crippen molar-refractivity contribution in [1.29, 1.82) is 0 Å². The van der Waals surface area contributed by atoms with E-state index >= 15 is 0 Å². The fourth-order valence-corrected chi connectivity index (χ4v) is 4.85. The van der Waals surface area contributed by atoms with Gasteiger partial charge in [-0.05, 0) is 48.9 Å². The highest BCUT2D eigenvalue weighted by molar-refractivity contribution is 7.90. The van der Waals surface area contributed by atoms with Crippen molar-refractivity contribution in [3.05, 3.63) is 66.7 Å². The number of nitrogens with zero attached hydrogens (tertiary/aromatic N) is 1. The van der Waals surface area contributed by atoms with Crippen LogP contribution in [0.2, 0.25) is 0 Å². The Hall–Kier alpha value is -3.85. The number of carbonyl (C=O) groups excluding carboxylic acids is 1. The maximum absolute atomic E-state index is 12.6. The minimum absolute atomic E-state index is 0.0492. The summed E-state index contributed by atoms with van der Waals surface area (Å²) < 4.78 is 39.1. The number of anilines is 1. The molecule has 33 heavy (non-hydrogen) atoms. The quantitative estimate of drug-likeness (QED) is 0.448. The van der Waals surface area contributed by atoms with E-state index in [1.165, 1.54) is 12.1 Å². The van der Waals surface area contributed by atoms with Crippen LogP contribution in [0, 0.1) is 0 Å². The van der Waals surface area contributed by atoms with Gasteiger partial charge in [0.2, 0.25) is 0 Å². The van der Waals surface area contributed by atoms with E-state index in [9.17, 15) is 13.2 Å². The van der Waals surface area contributed by atoms with E-state index in [0.717, 1.165) is 28.4 Å². The summed E-state index contributed by atoms with van der Waals surface area (Å²) in [5.74, 6) is 0.581. The second-order valence-electron chi connectivity index (χ2n) is 7.66. The normalized spacial score (nSPS) is 13.8. The van der Waals surface area contributed by atoms with Gasteiger partial charge in [0.25, 0.3) is 15.9 Å². The molecule has 8 nitrogen and oxygen atoms in total. The summed E-state index contributed by atoms with van der Waals surface area (Å²) in [6.07, 6.45) is 1.44. The van der Waals surface area contributed by atoms with Gasteiger partial charge in [-0.3, -0.25) is 14.5 Å². The van der Waals surface area contributed by atoms with Gasteiger partial charge in [0.05, 0.1) is 4.90 Å². The third-order valence-corrected chi connectivity index (χ3v) is 6.65. The van der Waals surface area contributed by atoms with E-state index in [1.54, 1.807) is 24.3 Å². The van der Waals surface area contributed by atoms with Crippen molar-refractivity contribution in [3.8, 4) is 5.75 Å². The van der Waals surface area contributed by atoms with Gasteiger partial charge in [0.1, 0.15) is 22.8 Å². The van der Waals surface area contributed by atoms with Crippen LogP contribution in [-0.2, 0) is 14.8 Å². The third-order valence-electron chi connectivity index (χ3n) is 5.27. The van der Waals surface area contributed by atoms with Crippen molar-refractivity contribution in [2.75, 3.05) is 18.5 Å². The maximum Gasteiger partial charge on any atom is 0.262 e. The maximum atomic E-state index is 12.6. The number of fused-ring (bicyclic) bond motifs is 3. The van der Waals surface area contributed by atoms with Crippen molar-refractivity contribution < 1.29 is 22.4 Å². The Kier molecular flexibility index (Phi) is 5.47. The van der Waals surface area contributed by atoms with Gasteiger partial charge in [0, 0.05) is 29.4 Å². The Labute approximate surface area is 190 Å². The fraction of sp³-hybridized carbons (Fsp3) is 0.167. The molecule has 168 valence electrons. The standard InChI is InChI=1S/C24H21N3O5S/c28-24(15-31-17-10-11-22-20(14-17)19-7-1-2-8-21(19)32-22)26-16-5-3-6-18(13-16)33(29,30)27-23-9-4-12-25-23/h1-3,5-8,10-11,13-14H,4,9,12,15H2,(H,25,27)(H,26,28). The van der Waals surface area contributed by atoms with Crippen molar-refractivity contribution in [2.24, 2.45) is 4.99 Å². The van der Waals surface area contributed by atoms with Crippen LogP contribution in [0.1, 0.15) is 12.8 Å². The summed E-state index contributed by atoms with van der Waals surface area (Å²) in [4.78, 5) is 16.6. The molecule has 0 unspecified atom stereocenters. The van der Waals surface area contributed by atoms with Crippen LogP contribution in [0.25, 0.3) is 21.9 Å². The Morgan fingerprint density at radius 2 is 1.85 bits per heavy atom. The Balaban J connectivity index is 1.25. The summed E-state index contributed by atoms with van der Waals surface area (Å²) >= 11 is 0. The van der Waals surface area contributed by atoms with Gasteiger partial charge in [-0.1, -0.05) is 24.3 Å². The molecular formula is C24H21N3O5S. The number of aliphatic imine (C=N–C) groups is 1. The third kappa shape index (κ3) is 4.54. The number of amidine groups is 1. The van der Waals surface area contributed by atoms with Crippen LogP contribution >= 0.6 is 0 Å². The van der Waals surface area contributed by atoms with Gasteiger partial charge in [0.15, 0.2) is 6.61 Å². The largest absolute Gasteiger partial charge is 0.484 e. The molecule has 0 spiro atoms. The molecular weight excluding hydrogens is 442 g/mol. The molecule has 0 saturated heterocycles. The number of amides is 1. The van der Waals surface area contributed by atoms with E-state index in [2.05, 4.69) is 15.0 Å².